The minimum absolute atomic E-state index is 0. The zero-order valence-corrected chi connectivity index (χ0v) is 19.1. The summed E-state index contributed by atoms with van der Waals surface area (Å²) in [5.74, 6) is 0. The second kappa shape index (κ2) is 39.4. The van der Waals surface area contributed by atoms with E-state index in [1.165, 1.54) is 0 Å². The third kappa shape index (κ3) is 32.8. The van der Waals surface area contributed by atoms with Crippen LogP contribution in [0.4, 0.5) is 0 Å². The number of hydrogen-bond acceptors (Lipinski definition) is 0. The van der Waals surface area contributed by atoms with E-state index in [1.807, 2.05) is 0 Å². The molecule has 0 rings (SSSR count). The quantitative estimate of drug-likeness (QED) is 0.339. The summed E-state index contributed by atoms with van der Waals surface area (Å²) in [7, 11) is 0. The van der Waals surface area contributed by atoms with Crippen molar-refractivity contribution in [2.45, 2.75) is 0 Å². The molecule has 0 N–H and O–H groups in total. The summed E-state index contributed by atoms with van der Waals surface area (Å²) in [6.07, 6.45) is 0. The second-order valence-corrected chi connectivity index (χ2v) is 0. The SMILES string of the molecule is [Ce].[Cu].[H-].[H-].[La].[Mg+2].[Mo].[Ti].[Y]. The molecule has 0 aromatic heterocycles. The predicted molar refractivity (Wildman–Crippen MR) is 7.98 cm³/mol. The minimum atomic E-state index is 0. The summed E-state index contributed by atoms with van der Waals surface area (Å²) in [4.78, 5) is 0. The largest absolute Gasteiger partial charge is 2.00 e. The molecule has 0 fully saturated rings. The maximum absolute atomic E-state index is 0. The molecule has 0 atom stereocenters. The summed E-state index contributed by atoms with van der Waals surface area (Å²) in [5.41, 5.74) is 0. The number of hydrogen-bond donors (Lipinski definition) is 0. The summed E-state index contributed by atoms with van der Waals surface area (Å²) >= 11 is 0. The van der Waals surface area contributed by atoms with Gasteiger partial charge in [0.2, 0.25) is 0 Å². The van der Waals surface area contributed by atoms with Gasteiger partial charge in [-0.25, -0.2) is 0 Å². The van der Waals surface area contributed by atoms with Crippen LogP contribution >= 0.6 is 0 Å². The molecular formula is H2CeCuLaMgMoTiY. The van der Waals surface area contributed by atoms with E-state index < -0.39 is 0 Å². The topological polar surface area (TPSA) is 0 Å². The Labute approximate surface area is 190 Å². The van der Waals surface area contributed by atoms with E-state index in [0.717, 1.165) is 0 Å². The van der Waals surface area contributed by atoms with Crippen LogP contribution < -0.4 is 0 Å². The van der Waals surface area contributed by atoms with Crippen LogP contribution in [0.1, 0.15) is 2.85 Å². The van der Waals surface area contributed by atoms with E-state index in [4.69, 9.17) is 0 Å². The normalized spacial score (nSPS) is 0. The second-order valence-electron chi connectivity index (χ2n) is 0. The van der Waals surface area contributed by atoms with Gasteiger partial charge in [-0.1, -0.05) is 0 Å². The first kappa shape index (κ1) is 50.4. The monoisotopic (exact) mass is 603 g/mol. The van der Waals surface area contributed by atoms with Crippen LogP contribution in [-0.4, -0.2) is 23.1 Å². The Bertz CT molecular complexity index is 26.5. The molecule has 0 amide bonds. The fourth-order valence-corrected chi connectivity index (χ4v) is 0. The molecule has 0 aliphatic carbocycles. The van der Waals surface area contributed by atoms with Crippen molar-refractivity contribution in [3.63, 3.8) is 0 Å². The average Bonchev–Trinajstić information content (AvgIpc) is 0. The Morgan fingerprint density at radius 1 is 1.14 bits per heavy atom. The van der Waals surface area contributed by atoms with Crippen LogP contribution in [0.5, 0.6) is 0 Å². The van der Waals surface area contributed by atoms with Gasteiger partial charge in [0.25, 0.3) is 0 Å². The molecule has 35 valence electrons. The van der Waals surface area contributed by atoms with Crippen LogP contribution in [0.25, 0.3) is 0 Å². The molecule has 0 aliphatic heterocycles. The molecule has 3 radical (unpaired) electrons. The molecule has 0 aliphatic rings. The van der Waals surface area contributed by atoms with Crippen molar-refractivity contribution in [2.24, 2.45) is 0 Å². The fraction of sp³-hybridized carbons (Fsp3) is 0. The summed E-state index contributed by atoms with van der Waals surface area (Å²) in [6, 6.07) is 0. The van der Waals surface area contributed by atoms with E-state index in [0.29, 0.717) is 0 Å². The minimum Gasteiger partial charge on any atom is -1.00 e. The van der Waals surface area contributed by atoms with Crippen molar-refractivity contribution in [2.75, 3.05) is 0 Å². The first-order valence-electron chi connectivity index (χ1n) is 0. The predicted octanol–water partition coefficient (Wildman–Crippen LogP) is -0.166. The maximum atomic E-state index is 0. The van der Waals surface area contributed by atoms with Crippen molar-refractivity contribution in [3.8, 4) is 0 Å². The Morgan fingerprint density at radius 3 is 1.14 bits per heavy atom. The van der Waals surface area contributed by atoms with Crippen molar-refractivity contribution in [3.05, 3.63) is 0 Å². The zero-order chi connectivity index (χ0) is 0. The van der Waals surface area contributed by atoms with Gasteiger partial charge in [0.1, 0.15) is 0 Å². The molecule has 0 nitrogen and oxygen atoms in total. The summed E-state index contributed by atoms with van der Waals surface area (Å²) < 4.78 is 0. The smallest absolute Gasteiger partial charge is 1.00 e. The van der Waals surface area contributed by atoms with Gasteiger partial charge < -0.3 is 2.85 Å². The number of rotatable bonds is 0. The van der Waals surface area contributed by atoms with E-state index in [2.05, 4.69) is 0 Å². The van der Waals surface area contributed by atoms with E-state index in [9.17, 15) is 0 Å². The molecule has 0 saturated carbocycles. The average molecular weight is 602 g/mol. The maximum Gasteiger partial charge on any atom is 2.00 e. The van der Waals surface area contributed by atoms with Crippen LogP contribution in [0.2, 0.25) is 0 Å². The van der Waals surface area contributed by atoms with E-state index >= 15 is 0 Å². The van der Waals surface area contributed by atoms with Gasteiger partial charge in [0.15, 0.2) is 0 Å². The Balaban J connectivity index is 0. The Hall–Kier alpha value is 6.36. The van der Waals surface area contributed by atoms with E-state index in [-0.39, 0.29) is 196 Å². The molecule has 0 bridgehead atoms. The van der Waals surface area contributed by atoms with Crippen LogP contribution in [-0.2, 0) is 92.6 Å². The molecule has 0 aromatic rings. The van der Waals surface area contributed by atoms with Crippen molar-refractivity contribution in [1.29, 1.82) is 0 Å². The zero-order valence-electron chi connectivity index (χ0n) is 5.57. The molecular weight excluding hydrogens is 600 g/mol. The van der Waals surface area contributed by atoms with Gasteiger partial charge in [-0.05, 0) is 0 Å². The van der Waals surface area contributed by atoms with Crippen LogP contribution in [0, 0.1) is 77.3 Å². The third-order valence-electron chi connectivity index (χ3n) is 0. The van der Waals surface area contributed by atoms with E-state index in [1.54, 1.807) is 0 Å². The van der Waals surface area contributed by atoms with Crippen molar-refractivity contribution >= 4 is 23.1 Å². The molecule has 0 aromatic carbocycles. The van der Waals surface area contributed by atoms with Gasteiger partial charge in [-0.15, -0.1) is 0 Å². The fourth-order valence-electron chi connectivity index (χ4n) is 0. The molecule has 0 spiro atoms. The first-order valence-corrected chi connectivity index (χ1v) is 0. The molecule has 7 heteroatoms. The van der Waals surface area contributed by atoms with Gasteiger partial charge in [0, 0.05) is 170 Å². The molecule has 0 heterocycles. The Morgan fingerprint density at radius 2 is 1.14 bits per heavy atom. The van der Waals surface area contributed by atoms with Crippen LogP contribution in [0.3, 0.4) is 0 Å². The molecule has 0 saturated heterocycles. The molecule has 0 unspecified atom stereocenters. The van der Waals surface area contributed by atoms with Crippen LogP contribution in [0.15, 0.2) is 0 Å². The van der Waals surface area contributed by atoms with Gasteiger partial charge in [-0.3, -0.25) is 0 Å². The van der Waals surface area contributed by atoms with Gasteiger partial charge >= 0.3 is 23.1 Å². The third-order valence-corrected chi connectivity index (χ3v) is 0. The Kier molecular flexibility index (Phi) is 284. The first-order chi connectivity index (χ1) is 0. The summed E-state index contributed by atoms with van der Waals surface area (Å²) in [5, 5.41) is 0. The van der Waals surface area contributed by atoms with Crippen molar-refractivity contribution < 1.29 is 173 Å². The van der Waals surface area contributed by atoms with Gasteiger partial charge in [0.05, 0.1) is 0 Å². The van der Waals surface area contributed by atoms with Crippen molar-refractivity contribution in [1.82, 2.24) is 0 Å². The molecule has 7 heavy (non-hydrogen) atoms. The standard InChI is InChI=1S/Ce.Cu.La.Mg.Mo.Ti.Y.2H/q;;;+2;;;;2*-1. The van der Waals surface area contributed by atoms with Gasteiger partial charge in [-0.2, -0.15) is 0 Å². The summed E-state index contributed by atoms with van der Waals surface area (Å²) in [6.45, 7) is 0.